The second kappa shape index (κ2) is 6.10. The van der Waals surface area contributed by atoms with E-state index in [2.05, 4.69) is 10.3 Å². The van der Waals surface area contributed by atoms with Crippen LogP contribution in [0.2, 0.25) is 0 Å². The summed E-state index contributed by atoms with van der Waals surface area (Å²) in [5.41, 5.74) is 1.36. The molecule has 9 heteroatoms. The highest BCUT2D eigenvalue weighted by Crippen LogP contribution is 2.25. The lowest BCUT2D eigenvalue weighted by molar-refractivity contribution is 0.102. The summed E-state index contributed by atoms with van der Waals surface area (Å²) in [6.45, 7) is 0. The fraction of sp³-hybridized carbons (Fsp3) is 0.125. The van der Waals surface area contributed by atoms with Crippen LogP contribution in [-0.4, -0.2) is 32.7 Å². The van der Waals surface area contributed by atoms with Crippen molar-refractivity contribution in [2.45, 2.75) is 4.90 Å². The van der Waals surface area contributed by atoms with Gasteiger partial charge in [0.1, 0.15) is 10.6 Å². The number of rotatable bonds is 4. The van der Waals surface area contributed by atoms with E-state index < -0.39 is 21.5 Å². The molecule has 1 heterocycles. The van der Waals surface area contributed by atoms with Crippen LogP contribution in [0.15, 0.2) is 50.5 Å². The van der Waals surface area contributed by atoms with Crippen LogP contribution in [0.1, 0.15) is 10.4 Å². The van der Waals surface area contributed by atoms with Crippen molar-refractivity contribution in [1.82, 2.24) is 4.98 Å². The SMILES string of the molecule is COc1ccc(C(=O)Nc2ccc3[nH]c(=O)oc3c2)cc1S(C)(=O)=O. The molecule has 0 fully saturated rings. The van der Waals surface area contributed by atoms with Crippen LogP contribution in [0, 0.1) is 0 Å². The Balaban J connectivity index is 1.93. The first-order valence-electron chi connectivity index (χ1n) is 7.10. The fourth-order valence-corrected chi connectivity index (χ4v) is 3.19. The predicted octanol–water partition coefficient (Wildman–Crippen LogP) is 1.79. The summed E-state index contributed by atoms with van der Waals surface area (Å²) in [4.78, 5) is 26.0. The van der Waals surface area contributed by atoms with Gasteiger partial charge in [-0.15, -0.1) is 0 Å². The first kappa shape index (κ1) is 16.8. The van der Waals surface area contributed by atoms with E-state index in [1.54, 1.807) is 12.1 Å². The lowest BCUT2D eigenvalue weighted by Gasteiger charge is -2.10. The second-order valence-electron chi connectivity index (χ2n) is 5.32. The third kappa shape index (κ3) is 3.41. The van der Waals surface area contributed by atoms with E-state index in [9.17, 15) is 18.0 Å². The van der Waals surface area contributed by atoms with Crippen molar-refractivity contribution in [3.63, 3.8) is 0 Å². The molecular formula is C16H14N2O6S. The molecular weight excluding hydrogens is 348 g/mol. The molecule has 0 aliphatic carbocycles. The smallest absolute Gasteiger partial charge is 0.417 e. The highest BCUT2D eigenvalue weighted by molar-refractivity contribution is 7.90. The summed E-state index contributed by atoms with van der Waals surface area (Å²) < 4.78 is 33.6. The first-order valence-corrected chi connectivity index (χ1v) is 8.99. The number of nitrogens with one attached hydrogen (secondary N) is 2. The van der Waals surface area contributed by atoms with Gasteiger partial charge in [-0.1, -0.05) is 0 Å². The number of H-pyrrole nitrogens is 1. The van der Waals surface area contributed by atoms with E-state index in [0.29, 0.717) is 16.8 Å². The monoisotopic (exact) mass is 362 g/mol. The van der Waals surface area contributed by atoms with E-state index in [-0.39, 0.29) is 16.2 Å². The van der Waals surface area contributed by atoms with Crippen molar-refractivity contribution < 1.29 is 22.4 Å². The number of carbonyl (C=O) groups excluding carboxylic acids is 1. The standard InChI is InChI=1S/C16H14N2O6S/c1-23-12-6-3-9(7-14(12)25(2,21)22)15(19)17-10-4-5-11-13(8-10)24-16(20)18-11/h3-8H,1-2H3,(H,17,19)(H,18,20). The Morgan fingerprint density at radius 1 is 1.20 bits per heavy atom. The number of fused-ring (bicyclic) bond motifs is 1. The number of ether oxygens (including phenoxy) is 1. The van der Waals surface area contributed by atoms with Crippen LogP contribution >= 0.6 is 0 Å². The third-order valence-electron chi connectivity index (χ3n) is 3.50. The van der Waals surface area contributed by atoms with Gasteiger partial charge in [0, 0.05) is 23.6 Å². The molecule has 0 unspecified atom stereocenters. The average molecular weight is 362 g/mol. The van der Waals surface area contributed by atoms with Crippen LogP contribution in [0.3, 0.4) is 0 Å². The van der Waals surface area contributed by atoms with Crippen molar-refractivity contribution in [2.24, 2.45) is 0 Å². The highest BCUT2D eigenvalue weighted by Gasteiger charge is 2.17. The molecule has 0 saturated heterocycles. The molecule has 0 radical (unpaired) electrons. The number of anilines is 1. The summed E-state index contributed by atoms with van der Waals surface area (Å²) in [7, 11) is -2.21. The molecule has 1 aromatic heterocycles. The number of methoxy groups -OCH3 is 1. The molecule has 0 aliphatic rings. The van der Waals surface area contributed by atoms with Gasteiger partial charge < -0.3 is 14.5 Å². The largest absolute Gasteiger partial charge is 0.495 e. The lowest BCUT2D eigenvalue weighted by Crippen LogP contribution is -2.13. The van der Waals surface area contributed by atoms with Crippen molar-refractivity contribution in [2.75, 3.05) is 18.7 Å². The van der Waals surface area contributed by atoms with E-state index in [4.69, 9.17) is 9.15 Å². The Labute approximate surface area is 142 Å². The third-order valence-corrected chi connectivity index (χ3v) is 4.62. The minimum atomic E-state index is -3.56. The van der Waals surface area contributed by atoms with Gasteiger partial charge in [0.15, 0.2) is 15.4 Å². The minimum Gasteiger partial charge on any atom is -0.495 e. The number of hydrogen-bond acceptors (Lipinski definition) is 6. The molecule has 0 bridgehead atoms. The number of amides is 1. The van der Waals surface area contributed by atoms with Crippen molar-refractivity contribution in [3.05, 3.63) is 52.5 Å². The number of aromatic amines is 1. The average Bonchev–Trinajstić information content (AvgIpc) is 2.92. The number of carbonyl (C=O) groups is 1. The van der Waals surface area contributed by atoms with Crippen LogP contribution in [0.5, 0.6) is 5.75 Å². The minimum absolute atomic E-state index is 0.0743. The van der Waals surface area contributed by atoms with Gasteiger partial charge in [-0.2, -0.15) is 0 Å². The quantitative estimate of drug-likeness (QED) is 0.730. The van der Waals surface area contributed by atoms with Gasteiger partial charge in [0.05, 0.1) is 12.6 Å². The Morgan fingerprint density at radius 3 is 2.64 bits per heavy atom. The second-order valence-corrected chi connectivity index (χ2v) is 7.30. The van der Waals surface area contributed by atoms with Crippen molar-refractivity contribution in [3.8, 4) is 5.75 Å². The van der Waals surface area contributed by atoms with Crippen LogP contribution < -0.4 is 15.8 Å². The van der Waals surface area contributed by atoms with Gasteiger partial charge in [-0.05, 0) is 30.3 Å². The predicted molar refractivity (Wildman–Crippen MR) is 90.9 cm³/mol. The summed E-state index contributed by atoms with van der Waals surface area (Å²) in [5.74, 6) is -0.939. The van der Waals surface area contributed by atoms with Crippen molar-refractivity contribution >= 4 is 32.5 Å². The van der Waals surface area contributed by atoms with Gasteiger partial charge in [0.2, 0.25) is 0 Å². The molecule has 0 atom stereocenters. The normalized spacial score (nSPS) is 11.4. The summed E-state index contributed by atoms with van der Waals surface area (Å²) in [6.07, 6.45) is 1.04. The Kier molecular flexibility index (Phi) is 4.09. The summed E-state index contributed by atoms with van der Waals surface area (Å²) in [5, 5.41) is 2.63. The zero-order valence-electron chi connectivity index (χ0n) is 13.3. The molecule has 2 aromatic carbocycles. The molecule has 130 valence electrons. The molecule has 3 aromatic rings. The van der Waals surface area contributed by atoms with Gasteiger partial charge in [-0.3, -0.25) is 9.78 Å². The number of oxazole rings is 1. The Bertz CT molecular complexity index is 1130. The maximum atomic E-state index is 12.4. The molecule has 3 rings (SSSR count). The summed E-state index contributed by atoms with van der Waals surface area (Å²) in [6, 6.07) is 8.79. The number of hydrogen-bond donors (Lipinski definition) is 2. The number of sulfone groups is 1. The molecule has 25 heavy (non-hydrogen) atoms. The Morgan fingerprint density at radius 2 is 1.96 bits per heavy atom. The first-order chi connectivity index (χ1) is 11.8. The molecule has 1 amide bonds. The molecule has 0 saturated carbocycles. The molecule has 0 aliphatic heterocycles. The maximum absolute atomic E-state index is 12.4. The fourth-order valence-electron chi connectivity index (χ4n) is 2.33. The topological polar surface area (TPSA) is 118 Å². The molecule has 8 nitrogen and oxygen atoms in total. The van der Waals surface area contributed by atoms with E-state index in [0.717, 1.165) is 6.26 Å². The number of aromatic nitrogens is 1. The van der Waals surface area contributed by atoms with Gasteiger partial charge >= 0.3 is 5.76 Å². The molecule has 0 spiro atoms. The van der Waals surface area contributed by atoms with E-state index >= 15 is 0 Å². The zero-order chi connectivity index (χ0) is 18.2. The Hall–Kier alpha value is -3.07. The highest BCUT2D eigenvalue weighted by atomic mass is 32.2. The van der Waals surface area contributed by atoms with Crippen molar-refractivity contribution in [1.29, 1.82) is 0 Å². The lowest BCUT2D eigenvalue weighted by atomic mass is 10.2. The van der Waals surface area contributed by atoms with Gasteiger partial charge in [-0.25, -0.2) is 13.2 Å². The van der Waals surface area contributed by atoms with E-state index in [1.165, 1.54) is 31.4 Å². The maximum Gasteiger partial charge on any atom is 0.417 e. The van der Waals surface area contributed by atoms with Crippen LogP contribution in [0.25, 0.3) is 11.1 Å². The number of benzene rings is 2. The summed E-state index contributed by atoms with van der Waals surface area (Å²) >= 11 is 0. The zero-order valence-corrected chi connectivity index (χ0v) is 14.1. The van der Waals surface area contributed by atoms with E-state index in [1.807, 2.05) is 0 Å². The van der Waals surface area contributed by atoms with Crippen LogP contribution in [-0.2, 0) is 9.84 Å². The van der Waals surface area contributed by atoms with Gasteiger partial charge in [0.25, 0.3) is 5.91 Å². The molecule has 2 N–H and O–H groups in total. The van der Waals surface area contributed by atoms with Crippen LogP contribution in [0.4, 0.5) is 5.69 Å².